The van der Waals surface area contributed by atoms with Crippen molar-refractivity contribution in [3.8, 4) is 27.9 Å². The third-order valence-electron chi connectivity index (χ3n) is 15.3. The van der Waals surface area contributed by atoms with Crippen LogP contribution in [0.2, 0.25) is 0 Å². The van der Waals surface area contributed by atoms with E-state index >= 15 is 0 Å². The van der Waals surface area contributed by atoms with Gasteiger partial charge in [-0.1, -0.05) is 134 Å². The molecule has 0 fully saturated rings. The van der Waals surface area contributed by atoms with Crippen molar-refractivity contribution in [2.24, 2.45) is 0 Å². The summed E-state index contributed by atoms with van der Waals surface area (Å²) in [4.78, 5) is 2.64. The van der Waals surface area contributed by atoms with Gasteiger partial charge in [0.15, 0.2) is 0 Å². The van der Waals surface area contributed by atoms with Gasteiger partial charge in [0.05, 0.1) is 11.0 Å². The van der Waals surface area contributed by atoms with Crippen LogP contribution < -0.4 is 15.7 Å². The first-order chi connectivity index (χ1) is 30.7. The molecule has 5 heterocycles. The molecule has 64 heavy (non-hydrogen) atoms. The molecule has 3 aliphatic rings. The Morgan fingerprint density at radius 1 is 0.469 bits per heavy atom. The van der Waals surface area contributed by atoms with Gasteiger partial charge in [-0.05, 0) is 115 Å². The van der Waals surface area contributed by atoms with Crippen LogP contribution in [-0.2, 0) is 16.2 Å². The number of para-hydroxylation sites is 1. The Balaban J connectivity index is 1.15. The van der Waals surface area contributed by atoms with Gasteiger partial charge >= 0.3 is 6.85 Å². The Labute approximate surface area is 372 Å². The third kappa shape index (κ3) is 4.59. The predicted molar refractivity (Wildman–Crippen MR) is 269 cm³/mol. The zero-order chi connectivity index (χ0) is 43.3. The second-order valence-corrected chi connectivity index (χ2v) is 21.3. The normalized spacial score (nSPS) is 14.9. The SMILES string of the molecule is CC(C)(C)c1ccc(N2B3c4cc5c(cc4-n4c6cc7c(cc6c6ccc(c3c64)-c3cc4oc6ccc(C(C)(C)C)cc6c4cc32)C(C)(C)c2ccccc2-7)oc2ccccc25)cc1. The minimum absolute atomic E-state index is 0.00325. The van der Waals surface area contributed by atoms with Gasteiger partial charge in [-0.15, -0.1) is 0 Å². The molecule has 0 atom stereocenters. The number of benzene rings is 8. The average Bonchev–Trinajstić information content (AvgIpc) is 3.99. The van der Waals surface area contributed by atoms with Gasteiger partial charge in [0.2, 0.25) is 0 Å². The molecular formula is C59H47BN2O2. The van der Waals surface area contributed by atoms with E-state index in [-0.39, 0.29) is 23.1 Å². The molecule has 4 nitrogen and oxygen atoms in total. The number of furan rings is 2. The molecule has 14 rings (SSSR count). The first-order valence-electron chi connectivity index (χ1n) is 22.9. The summed E-state index contributed by atoms with van der Waals surface area (Å²) in [5, 5.41) is 7.12. The molecule has 0 spiro atoms. The smallest absolute Gasteiger partial charge is 0.333 e. The van der Waals surface area contributed by atoms with E-state index in [0.717, 1.165) is 55.3 Å². The zero-order valence-corrected chi connectivity index (χ0v) is 37.6. The minimum Gasteiger partial charge on any atom is -0.456 e. The fourth-order valence-electron chi connectivity index (χ4n) is 11.9. The summed E-state index contributed by atoms with van der Waals surface area (Å²) in [6.45, 7) is 18.4. The minimum atomic E-state index is -0.138. The highest BCUT2D eigenvalue weighted by molar-refractivity contribution is 6.94. The Morgan fingerprint density at radius 2 is 1.16 bits per heavy atom. The van der Waals surface area contributed by atoms with Gasteiger partial charge in [0.1, 0.15) is 22.3 Å². The lowest BCUT2D eigenvalue weighted by Gasteiger charge is -2.42. The van der Waals surface area contributed by atoms with Crippen molar-refractivity contribution in [3.05, 3.63) is 162 Å². The molecule has 11 aromatic rings. The molecular weight excluding hydrogens is 779 g/mol. The number of aromatic nitrogens is 1. The Bertz CT molecular complexity index is 3900. The Hall–Kier alpha value is -6.98. The van der Waals surface area contributed by atoms with Gasteiger partial charge in [-0.2, -0.15) is 0 Å². The highest BCUT2D eigenvalue weighted by atomic mass is 16.3. The van der Waals surface area contributed by atoms with Crippen LogP contribution >= 0.6 is 0 Å². The summed E-state index contributed by atoms with van der Waals surface area (Å²) in [6.07, 6.45) is 0. The standard InChI is InChI=1S/C59H47BN2O2/c1-57(2,3)32-17-20-34(21-18-32)62-49-29-44-42-25-33(58(4,5)6)19-24-52(42)64-53(44)30-41(49)37-22-23-38-40-26-46-39(35-13-9-11-15-45(35)59(46,7)8)28-48(40)61-50-31-54-43(36-14-10-12-16-51(36)63-54)27-47(50)60(62)55(37)56(38)61/h9-31H,1-8H3. The topological polar surface area (TPSA) is 34.5 Å². The fraction of sp³-hybridized carbons (Fsp3) is 0.186. The zero-order valence-electron chi connectivity index (χ0n) is 37.6. The van der Waals surface area contributed by atoms with Crippen LogP contribution in [0, 0.1) is 0 Å². The monoisotopic (exact) mass is 826 g/mol. The van der Waals surface area contributed by atoms with Crippen molar-refractivity contribution in [2.75, 3.05) is 4.81 Å². The van der Waals surface area contributed by atoms with Crippen LogP contribution in [0.5, 0.6) is 0 Å². The molecule has 3 aromatic heterocycles. The number of hydrogen-bond acceptors (Lipinski definition) is 3. The predicted octanol–water partition coefficient (Wildman–Crippen LogP) is 14.7. The van der Waals surface area contributed by atoms with Crippen molar-refractivity contribution in [3.63, 3.8) is 0 Å². The second kappa shape index (κ2) is 11.8. The summed E-state index contributed by atoms with van der Waals surface area (Å²) in [5.41, 5.74) is 22.6. The Morgan fingerprint density at radius 3 is 1.95 bits per heavy atom. The van der Waals surface area contributed by atoms with Crippen molar-refractivity contribution in [1.82, 2.24) is 4.57 Å². The number of nitrogens with zero attached hydrogens (tertiary/aromatic N) is 2. The highest BCUT2D eigenvalue weighted by Gasteiger charge is 2.45. The van der Waals surface area contributed by atoms with Crippen molar-refractivity contribution in [2.45, 2.75) is 71.6 Å². The molecule has 1 aliphatic carbocycles. The van der Waals surface area contributed by atoms with Crippen LogP contribution in [0.1, 0.15) is 77.6 Å². The molecule has 0 bridgehead atoms. The molecule has 308 valence electrons. The van der Waals surface area contributed by atoms with E-state index in [1.165, 1.54) is 82.9 Å². The van der Waals surface area contributed by atoms with Crippen molar-refractivity contribution >= 4 is 94.8 Å². The van der Waals surface area contributed by atoms with Crippen LogP contribution in [-0.4, -0.2) is 11.4 Å². The van der Waals surface area contributed by atoms with Gasteiger partial charge in [-0.3, -0.25) is 0 Å². The quantitative estimate of drug-likeness (QED) is 0.155. The molecule has 5 heteroatoms. The molecule has 0 saturated carbocycles. The first-order valence-corrected chi connectivity index (χ1v) is 22.9. The fourth-order valence-corrected chi connectivity index (χ4v) is 11.9. The van der Waals surface area contributed by atoms with Crippen molar-refractivity contribution < 1.29 is 8.83 Å². The molecule has 0 radical (unpaired) electrons. The van der Waals surface area contributed by atoms with Crippen LogP contribution in [0.15, 0.2) is 148 Å². The van der Waals surface area contributed by atoms with Crippen LogP contribution in [0.25, 0.3) is 93.6 Å². The Kier molecular flexibility index (Phi) is 6.72. The number of fused-ring (bicyclic) bond motifs is 17. The summed E-state index contributed by atoms with van der Waals surface area (Å²) in [5.74, 6) is 0. The highest BCUT2D eigenvalue weighted by Crippen LogP contribution is 2.53. The molecule has 2 aliphatic heterocycles. The van der Waals surface area contributed by atoms with Crippen LogP contribution in [0.3, 0.4) is 0 Å². The van der Waals surface area contributed by atoms with E-state index in [4.69, 9.17) is 8.83 Å². The van der Waals surface area contributed by atoms with E-state index in [1.807, 2.05) is 0 Å². The van der Waals surface area contributed by atoms with Gasteiger partial charge in [-0.25, -0.2) is 0 Å². The summed E-state index contributed by atoms with van der Waals surface area (Å²) >= 11 is 0. The average molecular weight is 827 g/mol. The lowest BCUT2D eigenvalue weighted by atomic mass is 9.44. The van der Waals surface area contributed by atoms with Gasteiger partial charge in [0.25, 0.3) is 0 Å². The first kappa shape index (κ1) is 36.5. The summed E-state index contributed by atoms with van der Waals surface area (Å²) in [7, 11) is 0. The number of anilines is 2. The molecule has 0 N–H and O–H groups in total. The van der Waals surface area contributed by atoms with E-state index in [9.17, 15) is 0 Å². The van der Waals surface area contributed by atoms with Gasteiger partial charge in [0, 0.05) is 66.4 Å². The van der Waals surface area contributed by atoms with E-state index < -0.39 is 0 Å². The third-order valence-corrected chi connectivity index (χ3v) is 15.3. The van der Waals surface area contributed by atoms with E-state index in [1.54, 1.807) is 0 Å². The lowest BCUT2D eigenvalue weighted by molar-refractivity contribution is 0.590. The lowest BCUT2D eigenvalue weighted by Crippen LogP contribution is -2.60. The van der Waals surface area contributed by atoms with E-state index in [0.29, 0.717) is 0 Å². The van der Waals surface area contributed by atoms with Gasteiger partial charge < -0.3 is 18.2 Å². The maximum atomic E-state index is 6.79. The van der Waals surface area contributed by atoms with E-state index in [2.05, 4.69) is 204 Å². The summed E-state index contributed by atoms with van der Waals surface area (Å²) in [6, 6.07) is 52.9. The molecule has 0 unspecified atom stereocenters. The number of hydrogen-bond donors (Lipinski definition) is 0. The summed E-state index contributed by atoms with van der Waals surface area (Å²) < 4.78 is 16.1. The maximum absolute atomic E-state index is 6.79. The molecule has 0 saturated heterocycles. The second-order valence-electron chi connectivity index (χ2n) is 21.3. The molecule has 0 amide bonds. The largest absolute Gasteiger partial charge is 0.456 e. The number of rotatable bonds is 1. The maximum Gasteiger partial charge on any atom is 0.333 e. The van der Waals surface area contributed by atoms with Crippen molar-refractivity contribution in [1.29, 1.82) is 0 Å². The molecule has 8 aromatic carbocycles. The van der Waals surface area contributed by atoms with Crippen LogP contribution in [0.4, 0.5) is 11.4 Å².